The zero-order chi connectivity index (χ0) is 28.8. The Kier molecular flexibility index (Phi) is 6.48. The number of piperidine rings is 1. The van der Waals surface area contributed by atoms with Gasteiger partial charge in [-0.2, -0.15) is 28.5 Å². The van der Waals surface area contributed by atoms with Crippen molar-refractivity contribution < 1.29 is 22.8 Å². The number of carbonyl (C=O) groups is 2. The van der Waals surface area contributed by atoms with Gasteiger partial charge >= 0.3 is 6.18 Å². The van der Waals surface area contributed by atoms with E-state index in [4.69, 9.17) is 0 Å². The number of nitrogens with zero attached hydrogens (tertiary/aromatic N) is 7. The van der Waals surface area contributed by atoms with Crippen LogP contribution in [0, 0.1) is 17.2 Å². The molecular formula is C28H25F3N8O2. The number of hydrogen-bond acceptors (Lipinski definition) is 6. The molecule has 13 heteroatoms. The molecule has 41 heavy (non-hydrogen) atoms. The van der Waals surface area contributed by atoms with Crippen LogP contribution >= 0.6 is 0 Å². The van der Waals surface area contributed by atoms with E-state index in [9.17, 15) is 28.0 Å². The minimum absolute atomic E-state index is 0.0109. The van der Waals surface area contributed by atoms with Gasteiger partial charge in [0.1, 0.15) is 0 Å². The maximum absolute atomic E-state index is 13.5. The van der Waals surface area contributed by atoms with Gasteiger partial charge in [0, 0.05) is 30.8 Å². The lowest BCUT2D eigenvalue weighted by atomic mass is 9.84. The number of hydrogen-bond donors (Lipinski definition) is 1. The average Bonchev–Trinajstić information content (AvgIpc) is 3.55. The van der Waals surface area contributed by atoms with Crippen LogP contribution in [0.2, 0.25) is 0 Å². The summed E-state index contributed by atoms with van der Waals surface area (Å²) in [6.07, 6.45) is 1.32. The highest BCUT2D eigenvalue weighted by atomic mass is 19.4. The van der Waals surface area contributed by atoms with E-state index in [1.165, 1.54) is 23.1 Å². The third-order valence-corrected chi connectivity index (χ3v) is 7.76. The van der Waals surface area contributed by atoms with Gasteiger partial charge in [-0.3, -0.25) is 19.6 Å². The fourth-order valence-electron chi connectivity index (χ4n) is 5.30. The Labute approximate surface area is 232 Å². The molecule has 0 spiro atoms. The SMILES string of the molecule is N#CCC1(n2cc(-c3cccc4nc(NC(=O)C5CC5)nn34)cn2)CCN(C(=O)c2ccccc2C(F)(F)F)CC1. The van der Waals surface area contributed by atoms with Crippen molar-refractivity contribution >= 4 is 23.4 Å². The van der Waals surface area contributed by atoms with Gasteiger partial charge in [0.25, 0.3) is 5.91 Å². The van der Waals surface area contributed by atoms with Gasteiger partial charge in [-0.15, -0.1) is 5.10 Å². The predicted octanol–water partition coefficient (Wildman–Crippen LogP) is 4.51. The summed E-state index contributed by atoms with van der Waals surface area (Å²) in [5, 5.41) is 21.4. The largest absolute Gasteiger partial charge is 0.417 e. The molecule has 0 radical (unpaired) electrons. The van der Waals surface area contributed by atoms with E-state index in [1.54, 1.807) is 27.7 Å². The smallest absolute Gasteiger partial charge is 0.338 e. The van der Waals surface area contributed by atoms with Gasteiger partial charge < -0.3 is 4.90 Å². The molecule has 1 aromatic carbocycles. The number of aromatic nitrogens is 5. The second kappa shape index (κ2) is 10.0. The minimum Gasteiger partial charge on any atom is -0.338 e. The van der Waals surface area contributed by atoms with Crippen molar-refractivity contribution in [2.24, 2.45) is 5.92 Å². The van der Waals surface area contributed by atoms with Gasteiger partial charge in [-0.25, -0.2) is 4.52 Å². The number of anilines is 1. The van der Waals surface area contributed by atoms with Crippen LogP contribution in [0.5, 0.6) is 0 Å². The summed E-state index contributed by atoms with van der Waals surface area (Å²) < 4.78 is 43.8. The highest BCUT2D eigenvalue weighted by molar-refractivity contribution is 5.96. The van der Waals surface area contributed by atoms with E-state index < -0.39 is 23.2 Å². The number of pyridine rings is 1. The first-order valence-electron chi connectivity index (χ1n) is 13.2. The fourth-order valence-corrected chi connectivity index (χ4v) is 5.30. The summed E-state index contributed by atoms with van der Waals surface area (Å²) in [5.41, 5.74) is -0.172. The predicted molar refractivity (Wildman–Crippen MR) is 140 cm³/mol. The molecule has 1 saturated heterocycles. The van der Waals surface area contributed by atoms with Crippen molar-refractivity contribution in [2.75, 3.05) is 18.4 Å². The molecule has 4 heterocycles. The lowest BCUT2D eigenvalue weighted by Gasteiger charge is -2.41. The maximum atomic E-state index is 13.5. The highest BCUT2D eigenvalue weighted by Crippen LogP contribution is 2.37. The molecule has 1 saturated carbocycles. The molecule has 0 atom stereocenters. The van der Waals surface area contributed by atoms with E-state index in [-0.39, 0.29) is 42.8 Å². The Balaban J connectivity index is 1.23. The number of alkyl halides is 3. The van der Waals surface area contributed by atoms with Crippen molar-refractivity contribution in [3.8, 4) is 17.3 Å². The van der Waals surface area contributed by atoms with E-state index in [0.29, 0.717) is 29.7 Å². The maximum Gasteiger partial charge on any atom is 0.417 e. The molecule has 10 nitrogen and oxygen atoms in total. The number of nitriles is 1. The first-order valence-corrected chi connectivity index (χ1v) is 13.2. The van der Waals surface area contributed by atoms with E-state index in [0.717, 1.165) is 18.9 Å². The Morgan fingerprint density at radius 1 is 1.10 bits per heavy atom. The Morgan fingerprint density at radius 2 is 1.85 bits per heavy atom. The summed E-state index contributed by atoms with van der Waals surface area (Å²) in [4.78, 5) is 31.1. The molecule has 1 aliphatic carbocycles. The molecule has 1 N–H and O–H groups in total. The molecule has 2 amide bonds. The third kappa shape index (κ3) is 5.01. The second-order valence-corrected chi connectivity index (χ2v) is 10.4. The molecule has 2 fully saturated rings. The van der Waals surface area contributed by atoms with Crippen molar-refractivity contribution in [1.82, 2.24) is 29.3 Å². The molecule has 6 rings (SSSR count). The van der Waals surface area contributed by atoms with Crippen LogP contribution in [0.15, 0.2) is 54.9 Å². The lowest BCUT2D eigenvalue weighted by Crippen LogP contribution is -2.48. The van der Waals surface area contributed by atoms with Crippen LogP contribution < -0.4 is 5.32 Å². The van der Waals surface area contributed by atoms with Crippen molar-refractivity contribution in [3.05, 3.63) is 66.0 Å². The first kappa shape index (κ1) is 26.5. The first-order chi connectivity index (χ1) is 19.7. The van der Waals surface area contributed by atoms with Crippen LogP contribution in [0.25, 0.3) is 16.9 Å². The standard InChI is InChI=1S/C28H25F3N8O2/c29-28(30,31)21-5-2-1-4-20(21)25(41)37-14-11-27(10-13-32,12-15-37)38-17-19(16-33-38)22-6-3-7-23-34-26(36-39(22)23)35-24(40)18-8-9-18/h1-7,16-18H,8-12,14-15H2,(H,35,36,40). The number of benzene rings is 1. The van der Waals surface area contributed by atoms with Gasteiger partial charge in [0.15, 0.2) is 5.65 Å². The number of nitrogens with one attached hydrogen (secondary N) is 1. The number of likely N-dealkylation sites (tertiary alicyclic amines) is 1. The van der Waals surface area contributed by atoms with E-state index >= 15 is 0 Å². The summed E-state index contributed by atoms with van der Waals surface area (Å²) in [7, 11) is 0. The highest BCUT2D eigenvalue weighted by Gasteiger charge is 2.41. The number of halogens is 3. The Bertz CT molecular complexity index is 1670. The van der Waals surface area contributed by atoms with Crippen LogP contribution in [-0.2, 0) is 16.5 Å². The van der Waals surface area contributed by atoms with Crippen molar-refractivity contribution in [1.29, 1.82) is 5.26 Å². The van der Waals surface area contributed by atoms with E-state index in [2.05, 4.69) is 26.6 Å². The van der Waals surface area contributed by atoms with Crippen molar-refractivity contribution in [3.63, 3.8) is 0 Å². The number of fused-ring (bicyclic) bond motifs is 1. The van der Waals surface area contributed by atoms with Crippen LogP contribution in [-0.4, -0.2) is 54.2 Å². The van der Waals surface area contributed by atoms with Gasteiger partial charge in [-0.05, 0) is 49.9 Å². The second-order valence-electron chi connectivity index (χ2n) is 10.4. The quantitative estimate of drug-likeness (QED) is 0.369. The van der Waals surface area contributed by atoms with Crippen LogP contribution in [0.4, 0.5) is 19.1 Å². The Hall–Kier alpha value is -4.73. The van der Waals surface area contributed by atoms with Gasteiger partial charge in [-0.1, -0.05) is 18.2 Å². The molecule has 0 bridgehead atoms. The molecule has 0 unspecified atom stereocenters. The van der Waals surface area contributed by atoms with Crippen LogP contribution in [0.1, 0.15) is 48.0 Å². The topological polar surface area (TPSA) is 121 Å². The third-order valence-electron chi connectivity index (χ3n) is 7.76. The normalized spacial score (nSPS) is 16.9. The van der Waals surface area contributed by atoms with Crippen molar-refractivity contribution in [2.45, 2.75) is 43.8 Å². The molecule has 1 aliphatic heterocycles. The number of amides is 2. The van der Waals surface area contributed by atoms with E-state index in [1.807, 2.05) is 12.1 Å². The summed E-state index contributed by atoms with van der Waals surface area (Å²) in [5.74, 6) is -0.559. The molecular weight excluding hydrogens is 537 g/mol. The monoisotopic (exact) mass is 562 g/mol. The van der Waals surface area contributed by atoms with Gasteiger partial charge in [0.2, 0.25) is 11.9 Å². The molecule has 4 aromatic rings. The number of rotatable bonds is 6. The zero-order valence-corrected chi connectivity index (χ0v) is 21.8. The Morgan fingerprint density at radius 3 is 2.56 bits per heavy atom. The molecule has 210 valence electrons. The van der Waals surface area contributed by atoms with Gasteiger partial charge in [0.05, 0.1) is 41.0 Å². The number of carbonyl (C=O) groups excluding carboxylic acids is 2. The summed E-state index contributed by atoms with van der Waals surface area (Å²) >= 11 is 0. The summed E-state index contributed by atoms with van der Waals surface area (Å²) in [6, 6.07) is 12.4. The minimum atomic E-state index is -4.64. The zero-order valence-electron chi connectivity index (χ0n) is 21.8. The lowest BCUT2D eigenvalue weighted by molar-refractivity contribution is -0.138. The summed E-state index contributed by atoms with van der Waals surface area (Å²) in [6.45, 7) is 0.342. The average molecular weight is 563 g/mol. The van der Waals surface area contributed by atoms with Crippen LogP contribution in [0.3, 0.4) is 0 Å². The fraction of sp³-hybridized carbons (Fsp3) is 0.357. The molecule has 2 aliphatic rings. The molecule has 3 aromatic heterocycles.